The van der Waals surface area contributed by atoms with Crippen LogP contribution in [0.15, 0.2) is 43.2 Å². The molecule has 8 nitrogen and oxygen atoms in total. The Balaban J connectivity index is 1.32. The number of carbonyl (C=O) groups excluding carboxylic acids is 1. The molecule has 3 heterocycles. The molecule has 8 heteroatoms. The third kappa shape index (κ3) is 3.89. The van der Waals surface area contributed by atoms with E-state index in [0.717, 1.165) is 43.5 Å². The number of hydrogen-bond donors (Lipinski definition) is 1. The fourth-order valence-corrected chi connectivity index (χ4v) is 3.52. The van der Waals surface area contributed by atoms with Gasteiger partial charge in [0.1, 0.15) is 5.69 Å². The van der Waals surface area contributed by atoms with Crippen LogP contribution < -0.4 is 5.32 Å². The molecule has 0 radical (unpaired) electrons. The standard InChI is InChI=1S/C19H23N7O/c1-2-25-10-7-17(24-25)19(27)23-15-3-5-16(6-4-15)26-13-14(11-22-26)18-12-20-8-9-21-18/h7-13,15-16H,2-6H2,1H3,(H,23,27). The van der Waals surface area contributed by atoms with Gasteiger partial charge in [0.15, 0.2) is 0 Å². The molecule has 0 atom stereocenters. The predicted molar refractivity (Wildman–Crippen MR) is 99.9 cm³/mol. The Bertz CT molecular complexity index is 894. The molecule has 0 aromatic carbocycles. The minimum absolute atomic E-state index is 0.0883. The van der Waals surface area contributed by atoms with Crippen molar-refractivity contribution >= 4 is 5.91 Å². The average Bonchev–Trinajstić information content (AvgIpc) is 3.39. The van der Waals surface area contributed by atoms with Gasteiger partial charge in [0.05, 0.1) is 24.1 Å². The molecule has 0 saturated heterocycles. The zero-order valence-electron chi connectivity index (χ0n) is 15.3. The van der Waals surface area contributed by atoms with Gasteiger partial charge in [-0.3, -0.25) is 24.1 Å². The first kappa shape index (κ1) is 17.4. The van der Waals surface area contributed by atoms with Crippen LogP contribution in [0.5, 0.6) is 0 Å². The predicted octanol–water partition coefficient (Wildman–Crippen LogP) is 2.47. The maximum atomic E-state index is 12.3. The molecule has 1 saturated carbocycles. The van der Waals surface area contributed by atoms with Gasteiger partial charge in [-0.25, -0.2) is 0 Å². The summed E-state index contributed by atoms with van der Waals surface area (Å²) >= 11 is 0. The Morgan fingerprint density at radius 2 is 2.07 bits per heavy atom. The molecule has 27 heavy (non-hydrogen) atoms. The minimum Gasteiger partial charge on any atom is -0.348 e. The molecule has 1 N–H and O–H groups in total. The Hall–Kier alpha value is -3.03. The van der Waals surface area contributed by atoms with Crippen LogP contribution in [0, 0.1) is 0 Å². The third-order valence-corrected chi connectivity index (χ3v) is 5.06. The lowest BCUT2D eigenvalue weighted by atomic mass is 9.91. The summed E-state index contributed by atoms with van der Waals surface area (Å²) in [5, 5.41) is 11.9. The summed E-state index contributed by atoms with van der Waals surface area (Å²) in [7, 11) is 0. The van der Waals surface area contributed by atoms with Crippen LogP contribution in [0.25, 0.3) is 11.3 Å². The average molecular weight is 365 g/mol. The molecule has 1 aliphatic rings. The van der Waals surface area contributed by atoms with Gasteiger partial charge in [-0.15, -0.1) is 0 Å². The van der Waals surface area contributed by atoms with E-state index in [0.29, 0.717) is 11.7 Å². The van der Waals surface area contributed by atoms with Crippen LogP contribution in [0.4, 0.5) is 0 Å². The first-order chi connectivity index (χ1) is 13.2. The SMILES string of the molecule is CCn1ccc(C(=O)NC2CCC(n3cc(-c4cnccn4)cn3)CC2)n1. The molecule has 0 unspecified atom stereocenters. The molecule has 140 valence electrons. The number of nitrogens with one attached hydrogen (secondary N) is 1. The zero-order chi connectivity index (χ0) is 18.6. The van der Waals surface area contributed by atoms with Crippen LogP contribution in [-0.4, -0.2) is 41.5 Å². The van der Waals surface area contributed by atoms with Crippen molar-refractivity contribution in [3.8, 4) is 11.3 Å². The number of carbonyl (C=O) groups is 1. The van der Waals surface area contributed by atoms with E-state index in [1.54, 1.807) is 29.3 Å². The highest BCUT2D eigenvalue weighted by molar-refractivity contribution is 5.92. The lowest BCUT2D eigenvalue weighted by molar-refractivity contribution is 0.0916. The normalized spacial score (nSPS) is 19.7. The largest absolute Gasteiger partial charge is 0.348 e. The fraction of sp³-hybridized carbons (Fsp3) is 0.421. The monoisotopic (exact) mass is 365 g/mol. The van der Waals surface area contributed by atoms with E-state index < -0.39 is 0 Å². The number of amides is 1. The highest BCUT2D eigenvalue weighted by Gasteiger charge is 2.25. The van der Waals surface area contributed by atoms with Crippen molar-refractivity contribution in [2.45, 2.75) is 51.2 Å². The molecular formula is C19H23N7O. The lowest BCUT2D eigenvalue weighted by Gasteiger charge is -2.29. The second-order valence-corrected chi connectivity index (χ2v) is 6.84. The summed E-state index contributed by atoms with van der Waals surface area (Å²) in [5.74, 6) is -0.0883. The Labute approximate surface area is 157 Å². The maximum absolute atomic E-state index is 12.3. The molecule has 0 aliphatic heterocycles. The van der Waals surface area contributed by atoms with Gasteiger partial charge < -0.3 is 5.32 Å². The van der Waals surface area contributed by atoms with Gasteiger partial charge in [-0.1, -0.05) is 0 Å². The van der Waals surface area contributed by atoms with Crippen LogP contribution in [0.3, 0.4) is 0 Å². The number of aryl methyl sites for hydroxylation is 1. The highest BCUT2D eigenvalue weighted by Crippen LogP contribution is 2.29. The molecule has 3 aromatic rings. The van der Waals surface area contributed by atoms with Crippen LogP contribution >= 0.6 is 0 Å². The van der Waals surface area contributed by atoms with E-state index in [1.165, 1.54) is 0 Å². The van der Waals surface area contributed by atoms with Gasteiger partial charge in [-0.2, -0.15) is 10.2 Å². The molecule has 1 aliphatic carbocycles. The van der Waals surface area contributed by atoms with Gasteiger partial charge in [-0.05, 0) is 38.7 Å². The molecular weight excluding hydrogens is 342 g/mol. The number of rotatable bonds is 5. The van der Waals surface area contributed by atoms with E-state index in [1.807, 2.05) is 30.2 Å². The quantitative estimate of drug-likeness (QED) is 0.750. The van der Waals surface area contributed by atoms with Crippen LogP contribution in [-0.2, 0) is 6.54 Å². The second kappa shape index (κ2) is 7.69. The van der Waals surface area contributed by atoms with Crippen LogP contribution in [0.2, 0.25) is 0 Å². The molecule has 1 amide bonds. The lowest BCUT2D eigenvalue weighted by Crippen LogP contribution is -2.38. The van der Waals surface area contributed by atoms with Gasteiger partial charge >= 0.3 is 0 Å². The summed E-state index contributed by atoms with van der Waals surface area (Å²) < 4.78 is 3.78. The van der Waals surface area contributed by atoms with Crippen molar-refractivity contribution in [1.29, 1.82) is 0 Å². The van der Waals surface area contributed by atoms with Gasteiger partial charge in [0, 0.05) is 42.9 Å². The van der Waals surface area contributed by atoms with Crippen molar-refractivity contribution < 1.29 is 4.79 Å². The van der Waals surface area contributed by atoms with Crippen molar-refractivity contribution in [3.63, 3.8) is 0 Å². The number of hydrogen-bond acceptors (Lipinski definition) is 5. The van der Waals surface area contributed by atoms with E-state index in [9.17, 15) is 4.79 Å². The van der Waals surface area contributed by atoms with Crippen molar-refractivity contribution in [2.24, 2.45) is 0 Å². The summed E-state index contributed by atoms with van der Waals surface area (Å²) in [6.07, 6.45) is 14.6. The topological polar surface area (TPSA) is 90.5 Å². The summed E-state index contributed by atoms with van der Waals surface area (Å²) in [6, 6.07) is 2.31. The van der Waals surface area contributed by atoms with E-state index in [-0.39, 0.29) is 11.9 Å². The van der Waals surface area contributed by atoms with Crippen molar-refractivity contribution in [3.05, 3.63) is 48.9 Å². The Morgan fingerprint density at radius 3 is 2.78 bits per heavy atom. The fourth-order valence-electron chi connectivity index (χ4n) is 3.52. The van der Waals surface area contributed by atoms with Crippen molar-refractivity contribution in [2.75, 3.05) is 0 Å². The molecule has 0 bridgehead atoms. The van der Waals surface area contributed by atoms with E-state index >= 15 is 0 Å². The summed E-state index contributed by atoms with van der Waals surface area (Å²) in [6.45, 7) is 2.76. The van der Waals surface area contributed by atoms with E-state index in [2.05, 4.69) is 25.5 Å². The third-order valence-electron chi connectivity index (χ3n) is 5.06. The Morgan fingerprint density at radius 1 is 1.22 bits per heavy atom. The highest BCUT2D eigenvalue weighted by atomic mass is 16.2. The maximum Gasteiger partial charge on any atom is 0.271 e. The zero-order valence-corrected chi connectivity index (χ0v) is 15.3. The van der Waals surface area contributed by atoms with E-state index in [4.69, 9.17) is 0 Å². The second-order valence-electron chi connectivity index (χ2n) is 6.84. The minimum atomic E-state index is -0.0883. The number of nitrogens with zero attached hydrogens (tertiary/aromatic N) is 6. The molecule has 3 aromatic heterocycles. The molecule has 4 rings (SSSR count). The smallest absolute Gasteiger partial charge is 0.271 e. The first-order valence-electron chi connectivity index (χ1n) is 9.38. The molecule has 1 fully saturated rings. The van der Waals surface area contributed by atoms with Gasteiger partial charge in [0.2, 0.25) is 0 Å². The van der Waals surface area contributed by atoms with Crippen molar-refractivity contribution in [1.82, 2.24) is 34.8 Å². The van der Waals surface area contributed by atoms with Crippen LogP contribution in [0.1, 0.15) is 49.1 Å². The Kier molecular flexibility index (Phi) is 4.95. The van der Waals surface area contributed by atoms with Gasteiger partial charge in [0.25, 0.3) is 5.91 Å². The first-order valence-corrected chi connectivity index (χ1v) is 9.38. The molecule has 0 spiro atoms. The summed E-state index contributed by atoms with van der Waals surface area (Å²) in [4.78, 5) is 20.8. The number of aromatic nitrogens is 6. The summed E-state index contributed by atoms with van der Waals surface area (Å²) in [5.41, 5.74) is 2.29.